The number of ether oxygens (including phenoxy) is 1. The fraction of sp³-hybridized carbons (Fsp3) is 0.714. The van der Waals surface area contributed by atoms with Crippen LogP contribution in [0.5, 0.6) is 0 Å². The SMILES string of the molecule is CC(C)Cn1cc(C(N)CNC(=O)OC(C)(C)C)cn1. The Morgan fingerprint density at radius 1 is 1.50 bits per heavy atom. The van der Waals surface area contributed by atoms with Gasteiger partial charge in [0.25, 0.3) is 0 Å². The first-order valence-corrected chi connectivity index (χ1v) is 6.92. The molecule has 0 aliphatic heterocycles. The number of carbonyl (C=O) groups excluding carboxylic acids is 1. The minimum Gasteiger partial charge on any atom is -0.444 e. The molecule has 1 aromatic heterocycles. The second-order valence-corrected chi connectivity index (χ2v) is 6.38. The van der Waals surface area contributed by atoms with E-state index >= 15 is 0 Å². The Balaban J connectivity index is 2.44. The molecule has 6 heteroatoms. The van der Waals surface area contributed by atoms with Crippen LogP contribution in [0.25, 0.3) is 0 Å². The zero-order valence-electron chi connectivity index (χ0n) is 13.0. The molecule has 1 aromatic rings. The summed E-state index contributed by atoms with van der Waals surface area (Å²) in [5, 5.41) is 6.92. The van der Waals surface area contributed by atoms with Crippen LogP contribution in [0.3, 0.4) is 0 Å². The molecule has 1 amide bonds. The van der Waals surface area contributed by atoms with Gasteiger partial charge in [0, 0.05) is 24.8 Å². The van der Waals surface area contributed by atoms with Gasteiger partial charge < -0.3 is 15.8 Å². The Labute approximate surface area is 120 Å². The second kappa shape index (κ2) is 6.74. The number of hydrogen-bond acceptors (Lipinski definition) is 4. The first-order chi connectivity index (χ1) is 9.17. The normalized spacial score (nSPS) is 13.3. The molecule has 0 radical (unpaired) electrons. The zero-order valence-corrected chi connectivity index (χ0v) is 13.0. The zero-order chi connectivity index (χ0) is 15.3. The van der Waals surface area contributed by atoms with Crippen molar-refractivity contribution in [3.05, 3.63) is 18.0 Å². The van der Waals surface area contributed by atoms with Crippen molar-refractivity contribution in [2.45, 2.75) is 52.8 Å². The van der Waals surface area contributed by atoms with Crippen molar-refractivity contribution in [2.75, 3.05) is 6.54 Å². The van der Waals surface area contributed by atoms with E-state index in [1.807, 2.05) is 31.6 Å². The topological polar surface area (TPSA) is 82.2 Å². The van der Waals surface area contributed by atoms with E-state index in [4.69, 9.17) is 10.5 Å². The molecular formula is C14H26N4O2. The third-order valence-corrected chi connectivity index (χ3v) is 2.50. The van der Waals surface area contributed by atoms with Crippen LogP contribution in [-0.2, 0) is 11.3 Å². The summed E-state index contributed by atoms with van der Waals surface area (Å²) in [7, 11) is 0. The molecule has 114 valence electrons. The van der Waals surface area contributed by atoms with Crippen molar-refractivity contribution >= 4 is 6.09 Å². The smallest absolute Gasteiger partial charge is 0.407 e. The highest BCUT2D eigenvalue weighted by atomic mass is 16.6. The summed E-state index contributed by atoms with van der Waals surface area (Å²) in [5.41, 5.74) is 6.43. The van der Waals surface area contributed by atoms with Crippen LogP contribution in [-0.4, -0.2) is 28.0 Å². The summed E-state index contributed by atoms with van der Waals surface area (Å²) in [6, 6.07) is -0.288. The van der Waals surface area contributed by atoms with Gasteiger partial charge in [-0.1, -0.05) is 13.8 Å². The largest absolute Gasteiger partial charge is 0.444 e. The number of carbonyl (C=O) groups is 1. The Morgan fingerprint density at radius 3 is 2.70 bits per heavy atom. The molecule has 1 atom stereocenters. The molecule has 6 nitrogen and oxygen atoms in total. The van der Waals surface area contributed by atoms with Crippen LogP contribution >= 0.6 is 0 Å². The number of hydrogen-bond donors (Lipinski definition) is 2. The maximum absolute atomic E-state index is 11.5. The van der Waals surface area contributed by atoms with E-state index in [2.05, 4.69) is 24.3 Å². The first-order valence-electron chi connectivity index (χ1n) is 6.92. The van der Waals surface area contributed by atoms with E-state index in [9.17, 15) is 4.79 Å². The number of rotatable bonds is 5. The number of amides is 1. The van der Waals surface area contributed by atoms with Crippen molar-refractivity contribution in [3.8, 4) is 0 Å². The van der Waals surface area contributed by atoms with Crippen molar-refractivity contribution in [1.29, 1.82) is 0 Å². The molecule has 20 heavy (non-hydrogen) atoms. The molecule has 0 saturated carbocycles. The van der Waals surface area contributed by atoms with Crippen molar-refractivity contribution in [1.82, 2.24) is 15.1 Å². The lowest BCUT2D eigenvalue weighted by atomic mass is 10.2. The number of alkyl carbamates (subject to hydrolysis) is 1. The maximum atomic E-state index is 11.5. The van der Waals surface area contributed by atoms with Crippen molar-refractivity contribution < 1.29 is 9.53 Å². The van der Waals surface area contributed by atoms with E-state index < -0.39 is 11.7 Å². The fourth-order valence-electron chi connectivity index (χ4n) is 1.67. The number of nitrogens with one attached hydrogen (secondary N) is 1. The highest BCUT2D eigenvalue weighted by molar-refractivity contribution is 5.67. The Morgan fingerprint density at radius 2 is 2.15 bits per heavy atom. The van der Waals surface area contributed by atoms with Gasteiger partial charge in [0.2, 0.25) is 0 Å². The van der Waals surface area contributed by atoms with Crippen LogP contribution in [0.2, 0.25) is 0 Å². The maximum Gasteiger partial charge on any atom is 0.407 e. The van der Waals surface area contributed by atoms with Gasteiger partial charge in [0.1, 0.15) is 5.60 Å². The molecule has 0 saturated heterocycles. The van der Waals surface area contributed by atoms with Crippen LogP contribution in [0.15, 0.2) is 12.4 Å². The van der Waals surface area contributed by atoms with Gasteiger partial charge >= 0.3 is 6.09 Å². The fourth-order valence-corrected chi connectivity index (χ4v) is 1.67. The van der Waals surface area contributed by atoms with Gasteiger partial charge in [0.15, 0.2) is 0 Å². The Hall–Kier alpha value is -1.56. The van der Waals surface area contributed by atoms with Gasteiger partial charge in [-0.15, -0.1) is 0 Å². The number of nitrogens with zero attached hydrogens (tertiary/aromatic N) is 2. The lowest BCUT2D eigenvalue weighted by molar-refractivity contribution is 0.0524. The molecule has 1 rings (SSSR count). The minimum atomic E-state index is -0.504. The molecule has 0 spiro atoms. The lowest BCUT2D eigenvalue weighted by Gasteiger charge is -2.20. The Bertz CT molecular complexity index is 435. The van der Waals surface area contributed by atoms with Crippen LogP contribution in [0, 0.1) is 5.92 Å². The Kier molecular flexibility index (Phi) is 5.56. The monoisotopic (exact) mass is 282 g/mol. The van der Waals surface area contributed by atoms with E-state index in [1.54, 1.807) is 6.20 Å². The summed E-state index contributed by atoms with van der Waals surface area (Å²) in [5.74, 6) is 0.527. The quantitative estimate of drug-likeness (QED) is 0.866. The molecular weight excluding hydrogens is 256 g/mol. The summed E-state index contributed by atoms with van der Waals surface area (Å²) in [4.78, 5) is 11.5. The van der Waals surface area contributed by atoms with E-state index in [-0.39, 0.29) is 6.04 Å². The average molecular weight is 282 g/mol. The lowest BCUT2D eigenvalue weighted by Crippen LogP contribution is -2.36. The molecule has 1 unspecified atom stereocenters. The molecule has 1 heterocycles. The van der Waals surface area contributed by atoms with Gasteiger partial charge in [-0.2, -0.15) is 5.10 Å². The standard InChI is InChI=1S/C14H26N4O2/c1-10(2)8-18-9-11(6-17-18)12(15)7-16-13(19)20-14(3,4)5/h6,9-10,12H,7-8,15H2,1-5H3,(H,16,19). The van der Waals surface area contributed by atoms with Crippen LogP contribution < -0.4 is 11.1 Å². The highest BCUT2D eigenvalue weighted by Gasteiger charge is 2.17. The number of nitrogens with two attached hydrogens (primary N) is 1. The van der Waals surface area contributed by atoms with Crippen LogP contribution in [0.1, 0.15) is 46.2 Å². The molecule has 0 bridgehead atoms. The third-order valence-electron chi connectivity index (χ3n) is 2.50. The second-order valence-electron chi connectivity index (χ2n) is 6.38. The predicted octanol–water partition coefficient (Wildman–Crippen LogP) is 2.06. The first kappa shape index (κ1) is 16.5. The molecule has 0 aliphatic rings. The third kappa shape index (κ3) is 6.06. The van der Waals surface area contributed by atoms with Gasteiger partial charge in [-0.25, -0.2) is 4.79 Å². The minimum absolute atomic E-state index is 0.288. The molecule has 0 fully saturated rings. The summed E-state index contributed by atoms with van der Waals surface area (Å²) >= 11 is 0. The summed E-state index contributed by atoms with van der Waals surface area (Å²) in [6.45, 7) is 10.9. The number of aromatic nitrogens is 2. The van der Waals surface area contributed by atoms with E-state index in [0.717, 1.165) is 12.1 Å². The van der Waals surface area contributed by atoms with Gasteiger partial charge in [-0.3, -0.25) is 4.68 Å². The molecule has 3 N–H and O–H groups in total. The van der Waals surface area contributed by atoms with E-state index in [0.29, 0.717) is 12.5 Å². The molecule has 0 aliphatic carbocycles. The predicted molar refractivity (Wildman–Crippen MR) is 78.2 cm³/mol. The van der Waals surface area contributed by atoms with Gasteiger partial charge in [0.05, 0.1) is 12.2 Å². The van der Waals surface area contributed by atoms with E-state index in [1.165, 1.54) is 0 Å². The van der Waals surface area contributed by atoms with Crippen molar-refractivity contribution in [2.24, 2.45) is 11.7 Å². The molecule has 0 aromatic carbocycles. The summed E-state index contributed by atoms with van der Waals surface area (Å²) in [6.07, 6.45) is 3.20. The average Bonchev–Trinajstić information content (AvgIpc) is 2.71. The van der Waals surface area contributed by atoms with Gasteiger partial charge in [-0.05, 0) is 26.7 Å². The van der Waals surface area contributed by atoms with Crippen LogP contribution in [0.4, 0.5) is 4.79 Å². The highest BCUT2D eigenvalue weighted by Crippen LogP contribution is 2.10. The summed E-state index contributed by atoms with van der Waals surface area (Å²) < 4.78 is 7.02. The van der Waals surface area contributed by atoms with Crippen molar-refractivity contribution in [3.63, 3.8) is 0 Å².